The number of hydrogen-bond donors (Lipinski definition) is 1. The molecule has 20 heavy (non-hydrogen) atoms. The number of aromatic nitrogens is 4. The van der Waals surface area contributed by atoms with Crippen LogP contribution in [-0.2, 0) is 0 Å². The van der Waals surface area contributed by atoms with E-state index >= 15 is 0 Å². The molecule has 3 rings (SSSR count). The van der Waals surface area contributed by atoms with Gasteiger partial charge < -0.3 is 14.4 Å². The number of nitrogens with zero attached hydrogens (tertiary/aromatic N) is 4. The molecule has 108 valence electrons. The number of ether oxygens (including phenoxy) is 1. The van der Waals surface area contributed by atoms with Crippen molar-refractivity contribution in [1.82, 2.24) is 19.3 Å². The maximum Gasteiger partial charge on any atom is 0.163 e. The fourth-order valence-corrected chi connectivity index (χ4v) is 2.51. The maximum atomic E-state index is 10.8. The standard InChI is InChI=1S/C14H20N4O2/c1-9(2)18-13(12(20-3)7-16-18)14(19)11-6-15-8-17(11)10-4-5-10/h6-10,14,19H,4-5H2,1-3H3. The summed E-state index contributed by atoms with van der Waals surface area (Å²) in [6, 6.07) is 0.629. The molecule has 1 aliphatic carbocycles. The summed E-state index contributed by atoms with van der Waals surface area (Å²) in [4.78, 5) is 4.18. The molecule has 1 unspecified atom stereocenters. The molecular formula is C14H20N4O2. The van der Waals surface area contributed by atoms with Crippen molar-refractivity contribution >= 4 is 0 Å². The highest BCUT2D eigenvalue weighted by Crippen LogP contribution is 2.39. The first-order valence-corrected chi connectivity index (χ1v) is 6.94. The Bertz CT molecular complexity index is 598. The van der Waals surface area contributed by atoms with Crippen molar-refractivity contribution in [2.75, 3.05) is 7.11 Å². The van der Waals surface area contributed by atoms with E-state index in [1.165, 1.54) is 0 Å². The van der Waals surface area contributed by atoms with E-state index in [0.717, 1.165) is 18.5 Å². The van der Waals surface area contributed by atoms with Crippen LogP contribution in [0.2, 0.25) is 0 Å². The van der Waals surface area contributed by atoms with Gasteiger partial charge in [-0.15, -0.1) is 0 Å². The van der Waals surface area contributed by atoms with Crippen LogP contribution >= 0.6 is 0 Å². The second-order valence-corrected chi connectivity index (χ2v) is 5.50. The van der Waals surface area contributed by atoms with Gasteiger partial charge in [-0.25, -0.2) is 4.98 Å². The topological polar surface area (TPSA) is 65.1 Å². The van der Waals surface area contributed by atoms with Crippen LogP contribution in [0.25, 0.3) is 0 Å². The third kappa shape index (κ3) is 2.10. The molecule has 1 atom stereocenters. The zero-order chi connectivity index (χ0) is 14.3. The van der Waals surface area contributed by atoms with Crippen molar-refractivity contribution in [3.05, 3.63) is 30.1 Å². The third-order valence-corrected chi connectivity index (χ3v) is 3.68. The molecule has 1 fully saturated rings. The minimum Gasteiger partial charge on any atom is -0.493 e. The second kappa shape index (κ2) is 4.94. The van der Waals surface area contributed by atoms with Crippen LogP contribution in [-0.4, -0.2) is 31.5 Å². The monoisotopic (exact) mass is 276 g/mol. The van der Waals surface area contributed by atoms with Gasteiger partial charge in [0.15, 0.2) is 5.75 Å². The molecule has 0 aromatic carbocycles. The quantitative estimate of drug-likeness (QED) is 0.908. The number of methoxy groups -OCH3 is 1. The molecule has 2 heterocycles. The van der Waals surface area contributed by atoms with Crippen molar-refractivity contribution in [2.45, 2.75) is 44.9 Å². The largest absolute Gasteiger partial charge is 0.493 e. The van der Waals surface area contributed by atoms with Crippen molar-refractivity contribution in [2.24, 2.45) is 0 Å². The molecule has 6 nitrogen and oxygen atoms in total. The lowest BCUT2D eigenvalue weighted by Gasteiger charge is -2.18. The van der Waals surface area contributed by atoms with Gasteiger partial charge in [0.25, 0.3) is 0 Å². The van der Waals surface area contributed by atoms with Crippen LogP contribution in [0, 0.1) is 0 Å². The molecule has 0 spiro atoms. The van der Waals surface area contributed by atoms with E-state index in [-0.39, 0.29) is 6.04 Å². The van der Waals surface area contributed by atoms with Crippen molar-refractivity contribution in [3.8, 4) is 5.75 Å². The second-order valence-electron chi connectivity index (χ2n) is 5.50. The van der Waals surface area contributed by atoms with Crippen molar-refractivity contribution in [3.63, 3.8) is 0 Å². The van der Waals surface area contributed by atoms with Crippen LogP contribution < -0.4 is 4.74 Å². The van der Waals surface area contributed by atoms with Crippen LogP contribution in [0.5, 0.6) is 5.75 Å². The number of hydrogen-bond acceptors (Lipinski definition) is 4. The van der Waals surface area contributed by atoms with Gasteiger partial charge in [0.1, 0.15) is 11.8 Å². The molecular weight excluding hydrogens is 256 g/mol. The third-order valence-electron chi connectivity index (χ3n) is 3.68. The summed E-state index contributed by atoms with van der Waals surface area (Å²) < 4.78 is 9.19. The average molecular weight is 276 g/mol. The van der Waals surface area contributed by atoms with E-state index in [0.29, 0.717) is 17.5 Å². The van der Waals surface area contributed by atoms with Gasteiger partial charge in [-0.2, -0.15) is 5.10 Å². The van der Waals surface area contributed by atoms with E-state index < -0.39 is 6.10 Å². The zero-order valence-corrected chi connectivity index (χ0v) is 12.0. The van der Waals surface area contributed by atoms with E-state index in [1.807, 2.05) is 13.8 Å². The predicted molar refractivity (Wildman–Crippen MR) is 73.7 cm³/mol. The summed E-state index contributed by atoms with van der Waals surface area (Å²) in [5.41, 5.74) is 1.48. The highest BCUT2D eigenvalue weighted by molar-refractivity contribution is 5.32. The Balaban J connectivity index is 2.02. The lowest BCUT2D eigenvalue weighted by Crippen LogP contribution is -2.15. The Morgan fingerprint density at radius 1 is 1.35 bits per heavy atom. The number of rotatable bonds is 5. The summed E-state index contributed by atoms with van der Waals surface area (Å²) >= 11 is 0. The Morgan fingerprint density at radius 3 is 2.70 bits per heavy atom. The number of aliphatic hydroxyl groups is 1. The van der Waals surface area contributed by atoms with E-state index in [1.54, 1.807) is 30.5 Å². The fourth-order valence-electron chi connectivity index (χ4n) is 2.51. The molecule has 0 saturated heterocycles. The van der Waals surface area contributed by atoms with Gasteiger partial charge in [0.2, 0.25) is 0 Å². The molecule has 1 aliphatic rings. The molecule has 2 aromatic heterocycles. The number of aliphatic hydroxyl groups excluding tert-OH is 1. The molecule has 0 radical (unpaired) electrons. The number of imidazole rings is 1. The van der Waals surface area contributed by atoms with Crippen molar-refractivity contribution < 1.29 is 9.84 Å². The fraction of sp³-hybridized carbons (Fsp3) is 0.571. The van der Waals surface area contributed by atoms with Crippen LogP contribution in [0.3, 0.4) is 0 Å². The molecule has 6 heteroatoms. The molecule has 1 saturated carbocycles. The zero-order valence-electron chi connectivity index (χ0n) is 12.0. The van der Waals surface area contributed by atoms with Gasteiger partial charge >= 0.3 is 0 Å². The van der Waals surface area contributed by atoms with Gasteiger partial charge in [-0.05, 0) is 26.7 Å². The van der Waals surface area contributed by atoms with Crippen LogP contribution in [0.15, 0.2) is 18.7 Å². The minimum atomic E-state index is -0.780. The Labute approximate surface area is 118 Å². The van der Waals surface area contributed by atoms with Gasteiger partial charge in [-0.1, -0.05) is 0 Å². The van der Waals surface area contributed by atoms with E-state index in [4.69, 9.17) is 4.74 Å². The van der Waals surface area contributed by atoms with Gasteiger partial charge in [0, 0.05) is 12.1 Å². The molecule has 0 amide bonds. The van der Waals surface area contributed by atoms with Gasteiger partial charge in [0.05, 0.1) is 31.5 Å². The first-order valence-electron chi connectivity index (χ1n) is 6.94. The first kappa shape index (κ1) is 13.2. The highest BCUT2D eigenvalue weighted by atomic mass is 16.5. The van der Waals surface area contributed by atoms with Crippen LogP contribution in [0.1, 0.15) is 56.3 Å². The minimum absolute atomic E-state index is 0.154. The highest BCUT2D eigenvalue weighted by Gasteiger charge is 2.31. The Morgan fingerprint density at radius 2 is 2.10 bits per heavy atom. The van der Waals surface area contributed by atoms with Crippen LogP contribution in [0.4, 0.5) is 0 Å². The molecule has 0 bridgehead atoms. The Kier molecular flexibility index (Phi) is 3.25. The maximum absolute atomic E-state index is 10.8. The summed E-state index contributed by atoms with van der Waals surface area (Å²) in [5, 5.41) is 15.1. The smallest absolute Gasteiger partial charge is 0.163 e. The van der Waals surface area contributed by atoms with E-state index in [2.05, 4.69) is 14.6 Å². The van der Waals surface area contributed by atoms with E-state index in [9.17, 15) is 5.11 Å². The summed E-state index contributed by atoms with van der Waals surface area (Å²) in [5.74, 6) is 0.606. The molecule has 2 aromatic rings. The summed E-state index contributed by atoms with van der Waals surface area (Å²) in [6.07, 6.45) is 6.68. The van der Waals surface area contributed by atoms with Crippen molar-refractivity contribution in [1.29, 1.82) is 0 Å². The average Bonchev–Trinajstić information content (AvgIpc) is 3.02. The molecule has 0 aliphatic heterocycles. The SMILES string of the molecule is COc1cnn(C(C)C)c1C(O)c1cncn1C1CC1. The lowest BCUT2D eigenvalue weighted by atomic mass is 10.1. The Hall–Kier alpha value is -1.82. The predicted octanol–water partition coefficient (Wildman–Crippen LogP) is 2.09. The normalized spacial score (nSPS) is 16.6. The lowest BCUT2D eigenvalue weighted by molar-refractivity contribution is 0.190. The summed E-state index contributed by atoms with van der Waals surface area (Å²) in [7, 11) is 1.59. The first-order chi connectivity index (χ1) is 9.63. The summed E-state index contributed by atoms with van der Waals surface area (Å²) in [6.45, 7) is 4.06. The van der Waals surface area contributed by atoms with Gasteiger partial charge in [-0.3, -0.25) is 4.68 Å². The molecule has 1 N–H and O–H groups in total.